The molecule has 4 rings (SSSR count). The number of carbonyl (C=O) groups is 1. The van der Waals surface area contributed by atoms with Gasteiger partial charge in [-0.1, -0.05) is 18.2 Å². The first kappa shape index (κ1) is 18.3. The largest absolute Gasteiger partial charge is 0.497 e. The van der Waals surface area contributed by atoms with Crippen molar-refractivity contribution >= 4 is 22.7 Å². The van der Waals surface area contributed by atoms with E-state index >= 15 is 0 Å². The van der Waals surface area contributed by atoms with Crippen LogP contribution in [0.15, 0.2) is 88.1 Å². The Morgan fingerprint density at radius 2 is 1.66 bits per heavy atom. The number of methoxy groups -OCH3 is 1. The lowest BCUT2D eigenvalue weighted by molar-refractivity contribution is 0.215. The van der Waals surface area contributed by atoms with E-state index in [9.17, 15) is 9.59 Å². The maximum absolute atomic E-state index is 12.4. The molecule has 0 unspecified atom stereocenters. The minimum Gasteiger partial charge on any atom is -0.497 e. The Hall–Kier alpha value is -4.06. The Kier molecular flexibility index (Phi) is 4.99. The summed E-state index contributed by atoms with van der Waals surface area (Å²) < 4.78 is 16.2. The van der Waals surface area contributed by atoms with Gasteiger partial charge in [0, 0.05) is 17.3 Å². The molecular formula is C23H17NO5. The fourth-order valence-electron chi connectivity index (χ4n) is 2.86. The highest BCUT2D eigenvalue weighted by Gasteiger charge is 2.09. The molecular weight excluding hydrogens is 370 g/mol. The molecule has 0 saturated carbocycles. The van der Waals surface area contributed by atoms with Crippen molar-refractivity contribution in [1.82, 2.24) is 0 Å². The van der Waals surface area contributed by atoms with E-state index in [-0.39, 0.29) is 5.43 Å². The molecule has 1 aromatic heterocycles. The maximum atomic E-state index is 12.4. The van der Waals surface area contributed by atoms with Gasteiger partial charge in [-0.15, -0.1) is 0 Å². The number of nitrogens with one attached hydrogen (secondary N) is 1. The molecule has 0 aliphatic rings. The molecule has 6 nitrogen and oxygen atoms in total. The van der Waals surface area contributed by atoms with E-state index < -0.39 is 6.09 Å². The van der Waals surface area contributed by atoms with Gasteiger partial charge in [-0.25, -0.2) is 4.79 Å². The maximum Gasteiger partial charge on any atom is 0.417 e. The molecule has 6 heteroatoms. The van der Waals surface area contributed by atoms with Crippen LogP contribution in [0.3, 0.4) is 0 Å². The molecule has 0 saturated heterocycles. The Morgan fingerprint density at radius 3 is 2.38 bits per heavy atom. The quantitative estimate of drug-likeness (QED) is 0.528. The van der Waals surface area contributed by atoms with E-state index in [1.54, 1.807) is 73.8 Å². The highest BCUT2D eigenvalue weighted by atomic mass is 16.6. The van der Waals surface area contributed by atoms with Crippen LogP contribution in [0.5, 0.6) is 11.5 Å². The average Bonchev–Trinajstić information content (AvgIpc) is 2.74. The van der Waals surface area contributed by atoms with E-state index in [1.807, 2.05) is 6.07 Å². The van der Waals surface area contributed by atoms with Crippen LogP contribution in [0.25, 0.3) is 22.3 Å². The van der Waals surface area contributed by atoms with Gasteiger partial charge in [-0.3, -0.25) is 10.1 Å². The van der Waals surface area contributed by atoms with Crippen molar-refractivity contribution in [3.63, 3.8) is 0 Å². The molecule has 29 heavy (non-hydrogen) atoms. The zero-order valence-corrected chi connectivity index (χ0v) is 15.5. The van der Waals surface area contributed by atoms with Crippen LogP contribution >= 0.6 is 0 Å². The van der Waals surface area contributed by atoms with Gasteiger partial charge in [-0.05, 0) is 54.6 Å². The van der Waals surface area contributed by atoms with Crippen LogP contribution in [-0.4, -0.2) is 13.2 Å². The summed E-state index contributed by atoms with van der Waals surface area (Å²) in [4.78, 5) is 24.4. The Labute approximate surface area is 166 Å². The lowest BCUT2D eigenvalue weighted by atomic mass is 10.1. The van der Waals surface area contributed by atoms with Crippen LogP contribution in [0, 0.1) is 0 Å². The van der Waals surface area contributed by atoms with Gasteiger partial charge in [0.1, 0.15) is 22.8 Å². The number of benzene rings is 3. The summed E-state index contributed by atoms with van der Waals surface area (Å²) in [6, 6.07) is 22.2. The molecule has 144 valence electrons. The van der Waals surface area contributed by atoms with E-state index in [0.717, 1.165) is 0 Å². The summed E-state index contributed by atoms with van der Waals surface area (Å²) in [7, 11) is 1.54. The summed E-state index contributed by atoms with van der Waals surface area (Å²) in [5.41, 5.74) is 1.58. The molecule has 0 radical (unpaired) electrons. The van der Waals surface area contributed by atoms with Gasteiger partial charge < -0.3 is 13.9 Å². The smallest absolute Gasteiger partial charge is 0.417 e. The first-order valence-corrected chi connectivity index (χ1v) is 8.88. The van der Waals surface area contributed by atoms with Crippen molar-refractivity contribution in [3.05, 3.63) is 89.1 Å². The second kappa shape index (κ2) is 7.90. The van der Waals surface area contributed by atoms with Gasteiger partial charge in [0.05, 0.1) is 12.5 Å². The highest BCUT2D eigenvalue weighted by Crippen LogP contribution is 2.25. The number of rotatable bonds is 4. The van der Waals surface area contributed by atoms with Crippen LogP contribution in [-0.2, 0) is 0 Å². The van der Waals surface area contributed by atoms with Gasteiger partial charge >= 0.3 is 6.09 Å². The molecule has 0 aliphatic carbocycles. The predicted molar refractivity (Wildman–Crippen MR) is 111 cm³/mol. The number of hydrogen-bond acceptors (Lipinski definition) is 5. The summed E-state index contributed by atoms with van der Waals surface area (Å²) in [6.45, 7) is 0. The first-order chi connectivity index (χ1) is 14.1. The third-order valence-electron chi connectivity index (χ3n) is 4.30. The lowest BCUT2D eigenvalue weighted by Gasteiger charge is -2.08. The molecule has 3 aromatic carbocycles. The average molecular weight is 387 g/mol. The number of fused-ring (bicyclic) bond motifs is 1. The lowest BCUT2D eigenvalue weighted by Crippen LogP contribution is -2.16. The number of ether oxygens (including phenoxy) is 2. The fourth-order valence-corrected chi connectivity index (χ4v) is 2.86. The second-order valence-corrected chi connectivity index (χ2v) is 6.24. The number of carbonyl (C=O) groups excluding carboxylic acids is 1. The fraction of sp³-hybridized carbons (Fsp3) is 0.0435. The summed E-state index contributed by atoms with van der Waals surface area (Å²) in [6.07, 6.45) is -0.588. The second-order valence-electron chi connectivity index (χ2n) is 6.24. The normalized spacial score (nSPS) is 10.5. The van der Waals surface area contributed by atoms with E-state index in [0.29, 0.717) is 39.5 Å². The molecule has 4 aromatic rings. The first-order valence-electron chi connectivity index (χ1n) is 8.88. The molecule has 0 atom stereocenters. The van der Waals surface area contributed by atoms with Crippen molar-refractivity contribution in [3.8, 4) is 22.8 Å². The Bertz CT molecular complexity index is 1210. The number of hydrogen-bond donors (Lipinski definition) is 1. The SMILES string of the molecule is COc1ccc2oc(-c3ccc(NC(=O)Oc4ccccc4)cc3)cc(=O)c2c1. The van der Waals surface area contributed by atoms with Crippen LogP contribution in [0.2, 0.25) is 0 Å². The molecule has 0 spiro atoms. The van der Waals surface area contributed by atoms with Gasteiger partial charge in [0.2, 0.25) is 0 Å². The molecule has 1 amide bonds. The third kappa shape index (κ3) is 4.11. The van der Waals surface area contributed by atoms with E-state index in [4.69, 9.17) is 13.9 Å². The third-order valence-corrected chi connectivity index (χ3v) is 4.30. The summed E-state index contributed by atoms with van der Waals surface area (Å²) in [5.74, 6) is 1.48. The monoisotopic (exact) mass is 387 g/mol. The van der Waals surface area contributed by atoms with Crippen molar-refractivity contribution in [2.75, 3.05) is 12.4 Å². The predicted octanol–water partition coefficient (Wildman–Crippen LogP) is 5.08. The van der Waals surface area contributed by atoms with Crippen molar-refractivity contribution in [1.29, 1.82) is 0 Å². The van der Waals surface area contributed by atoms with Gasteiger partial charge in [-0.2, -0.15) is 0 Å². The van der Waals surface area contributed by atoms with E-state index in [1.165, 1.54) is 6.07 Å². The van der Waals surface area contributed by atoms with Gasteiger partial charge in [0.25, 0.3) is 0 Å². The highest BCUT2D eigenvalue weighted by molar-refractivity contribution is 5.87. The Morgan fingerprint density at radius 1 is 0.897 bits per heavy atom. The molecule has 0 aliphatic heterocycles. The minimum atomic E-state index is -0.588. The summed E-state index contributed by atoms with van der Waals surface area (Å²) in [5, 5.41) is 3.11. The van der Waals surface area contributed by atoms with Crippen molar-refractivity contribution in [2.45, 2.75) is 0 Å². The summed E-state index contributed by atoms with van der Waals surface area (Å²) >= 11 is 0. The van der Waals surface area contributed by atoms with Crippen LogP contribution in [0.1, 0.15) is 0 Å². The number of amides is 1. The van der Waals surface area contributed by atoms with Gasteiger partial charge in [0.15, 0.2) is 5.43 Å². The Balaban J connectivity index is 1.53. The molecule has 1 N–H and O–H groups in total. The van der Waals surface area contributed by atoms with E-state index in [2.05, 4.69) is 5.32 Å². The molecule has 1 heterocycles. The zero-order chi connectivity index (χ0) is 20.2. The van der Waals surface area contributed by atoms with Crippen molar-refractivity contribution < 1.29 is 18.7 Å². The number of anilines is 1. The zero-order valence-electron chi connectivity index (χ0n) is 15.5. The topological polar surface area (TPSA) is 77.8 Å². The standard InChI is InChI=1S/C23H17NO5/c1-27-18-11-12-21-19(13-18)20(25)14-22(29-21)15-7-9-16(10-8-15)24-23(26)28-17-5-3-2-4-6-17/h2-14H,1H3,(H,24,26). The van der Waals surface area contributed by atoms with Crippen LogP contribution < -0.4 is 20.2 Å². The van der Waals surface area contributed by atoms with Crippen molar-refractivity contribution in [2.24, 2.45) is 0 Å². The molecule has 0 bridgehead atoms. The molecule has 0 fully saturated rings. The number of para-hydroxylation sites is 1. The minimum absolute atomic E-state index is 0.159. The van der Waals surface area contributed by atoms with Crippen LogP contribution in [0.4, 0.5) is 10.5 Å².